The Morgan fingerprint density at radius 1 is 1.03 bits per heavy atom. The van der Waals surface area contributed by atoms with Gasteiger partial charge in [0.2, 0.25) is 0 Å². The fourth-order valence-electron chi connectivity index (χ4n) is 4.99. The Morgan fingerprint density at radius 3 is 2.57 bits per heavy atom. The van der Waals surface area contributed by atoms with Crippen molar-refractivity contribution in [3.05, 3.63) is 94.3 Å². The van der Waals surface area contributed by atoms with Crippen LogP contribution < -0.4 is 0 Å². The molecule has 188 valence electrons. The third-order valence-corrected chi connectivity index (χ3v) is 7.88. The van der Waals surface area contributed by atoms with Gasteiger partial charge >= 0.3 is 0 Å². The molecule has 0 spiro atoms. The molecule has 0 bridgehead atoms. The van der Waals surface area contributed by atoms with Crippen LogP contribution in [-0.2, 0) is 9.53 Å². The number of thiophene rings is 1. The van der Waals surface area contributed by atoms with Crippen molar-refractivity contribution in [1.29, 1.82) is 0 Å². The molecule has 0 aliphatic carbocycles. The van der Waals surface area contributed by atoms with E-state index in [4.69, 9.17) is 14.9 Å². The molecule has 0 radical (unpaired) electrons. The molecule has 6 rings (SSSR count). The maximum atomic E-state index is 13.7. The second-order valence-corrected chi connectivity index (χ2v) is 10.3. The van der Waals surface area contributed by atoms with Crippen molar-refractivity contribution in [2.24, 2.45) is 5.10 Å². The van der Waals surface area contributed by atoms with E-state index in [-0.39, 0.29) is 11.9 Å². The number of rotatable bonds is 6. The largest absolute Gasteiger partial charge is 0.379 e. The molecule has 4 aromatic rings. The Bertz CT molecular complexity index is 1410. The number of para-hydroxylation sites is 1. The van der Waals surface area contributed by atoms with E-state index in [2.05, 4.69) is 41.6 Å². The number of ether oxygens (including phenoxy) is 1. The molecule has 2 aliphatic rings. The molecule has 4 heterocycles. The van der Waals surface area contributed by atoms with Gasteiger partial charge in [0.1, 0.15) is 0 Å². The van der Waals surface area contributed by atoms with Gasteiger partial charge < -0.3 is 4.74 Å². The van der Waals surface area contributed by atoms with Crippen LogP contribution >= 0.6 is 11.3 Å². The highest BCUT2D eigenvalue weighted by molar-refractivity contribution is 7.12. The zero-order chi connectivity index (χ0) is 25.2. The van der Waals surface area contributed by atoms with Crippen molar-refractivity contribution in [2.75, 3.05) is 32.8 Å². The number of amides is 1. The zero-order valence-corrected chi connectivity index (χ0v) is 21.6. The number of nitrogens with zero attached hydrogens (tertiary/aromatic N) is 5. The average molecular weight is 512 g/mol. The molecular formula is C29H29N5O2S. The van der Waals surface area contributed by atoms with E-state index < -0.39 is 0 Å². The Hall–Kier alpha value is -3.59. The van der Waals surface area contributed by atoms with Gasteiger partial charge in [-0.05, 0) is 36.1 Å². The van der Waals surface area contributed by atoms with E-state index in [1.165, 1.54) is 0 Å². The highest BCUT2D eigenvalue weighted by Crippen LogP contribution is 2.39. The molecule has 2 aromatic carbocycles. The van der Waals surface area contributed by atoms with Gasteiger partial charge in [0.15, 0.2) is 0 Å². The number of aryl methyl sites for hydroxylation is 1. The Balaban J connectivity index is 1.42. The molecule has 2 aromatic heterocycles. The summed E-state index contributed by atoms with van der Waals surface area (Å²) >= 11 is 1.66. The SMILES string of the molecule is Cc1ccccc1-c1nn(-c2ccccc2)cc1[C@H]1CC(c2cccs2)=NN1C(=O)CN1CCOCC1. The lowest BCUT2D eigenvalue weighted by Crippen LogP contribution is -2.43. The summed E-state index contributed by atoms with van der Waals surface area (Å²) in [6, 6.07) is 22.3. The topological polar surface area (TPSA) is 63.0 Å². The number of benzene rings is 2. The van der Waals surface area contributed by atoms with E-state index in [0.717, 1.165) is 51.8 Å². The fraction of sp³-hybridized carbons (Fsp3) is 0.276. The number of aromatic nitrogens is 2. The second-order valence-electron chi connectivity index (χ2n) is 9.40. The first-order valence-corrected chi connectivity index (χ1v) is 13.5. The molecule has 0 saturated carbocycles. The molecule has 1 amide bonds. The molecule has 1 saturated heterocycles. The second kappa shape index (κ2) is 10.4. The van der Waals surface area contributed by atoms with Gasteiger partial charge in [-0.2, -0.15) is 10.2 Å². The van der Waals surface area contributed by atoms with E-state index in [9.17, 15) is 4.79 Å². The van der Waals surface area contributed by atoms with Crippen LogP contribution in [-0.4, -0.2) is 64.2 Å². The normalized spacial score (nSPS) is 18.2. The van der Waals surface area contributed by atoms with Gasteiger partial charge in [-0.25, -0.2) is 9.69 Å². The van der Waals surface area contributed by atoms with Gasteiger partial charge in [-0.3, -0.25) is 9.69 Å². The predicted molar refractivity (Wildman–Crippen MR) is 146 cm³/mol. The number of hydrogen-bond acceptors (Lipinski definition) is 6. The molecule has 8 heteroatoms. The van der Waals surface area contributed by atoms with Crippen molar-refractivity contribution in [1.82, 2.24) is 19.7 Å². The van der Waals surface area contributed by atoms with Crippen LogP contribution in [0.4, 0.5) is 0 Å². The Kier molecular flexibility index (Phi) is 6.70. The number of carbonyl (C=O) groups is 1. The summed E-state index contributed by atoms with van der Waals surface area (Å²) in [6.45, 7) is 5.25. The number of hydrazone groups is 1. The first kappa shape index (κ1) is 23.8. The lowest BCUT2D eigenvalue weighted by atomic mass is 9.96. The summed E-state index contributed by atoms with van der Waals surface area (Å²) in [5.41, 5.74) is 6.02. The van der Waals surface area contributed by atoms with Gasteiger partial charge in [-0.1, -0.05) is 48.5 Å². The molecule has 1 atom stereocenters. The molecular weight excluding hydrogens is 482 g/mol. The van der Waals surface area contributed by atoms with Crippen LogP contribution in [0.2, 0.25) is 0 Å². The lowest BCUT2D eigenvalue weighted by Gasteiger charge is -2.29. The third kappa shape index (κ3) is 4.87. The quantitative estimate of drug-likeness (QED) is 0.369. The van der Waals surface area contributed by atoms with Crippen LogP contribution in [0.5, 0.6) is 0 Å². The summed E-state index contributed by atoms with van der Waals surface area (Å²) in [7, 11) is 0. The molecule has 0 N–H and O–H groups in total. The van der Waals surface area contributed by atoms with Crippen LogP contribution in [0.1, 0.15) is 28.5 Å². The summed E-state index contributed by atoms with van der Waals surface area (Å²) in [5.74, 6) is 0.00153. The zero-order valence-electron chi connectivity index (χ0n) is 20.8. The molecule has 7 nitrogen and oxygen atoms in total. The third-order valence-electron chi connectivity index (χ3n) is 6.96. The van der Waals surface area contributed by atoms with Crippen LogP contribution in [0.3, 0.4) is 0 Å². The molecule has 2 aliphatic heterocycles. The van der Waals surface area contributed by atoms with Crippen molar-refractivity contribution in [3.8, 4) is 16.9 Å². The average Bonchev–Trinajstić information content (AvgIpc) is 3.70. The van der Waals surface area contributed by atoms with Crippen LogP contribution in [0, 0.1) is 6.92 Å². The molecule has 37 heavy (non-hydrogen) atoms. The van der Waals surface area contributed by atoms with Crippen molar-refractivity contribution in [3.63, 3.8) is 0 Å². The summed E-state index contributed by atoms with van der Waals surface area (Å²) in [6.07, 6.45) is 2.72. The predicted octanol–water partition coefficient (Wildman–Crippen LogP) is 4.92. The Morgan fingerprint density at radius 2 is 1.81 bits per heavy atom. The van der Waals surface area contributed by atoms with E-state index in [1.54, 1.807) is 16.3 Å². The lowest BCUT2D eigenvalue weighted by molar-refractivity contribution is -0.135. The standard InChI is InChI=1S/C29H29N5O2S/c1-21-8-5-6-11-23(21)29-24(19-33(31-29)22-9-3-2-4-10-22)26-18-25(27-12-7-17-37-27)30-34(26)28(35)20-32-13-15-36-16-14-32/h2-12,17,19,26H,13-16,18,20H2,1H3/t26-/m1/s1. The molecule has 1 fully saturated rings. The number of hydrogen-bond donors (Lipinski definition) is 0. The van der Waals surface area contributed by atoms with Crippen LogP contribution in [0.15, 0.2) is 83.4 Å². The smallest absolute Gasteiger partial charge is 0.257 e. The van der Waals surface area contributed by atoms with Gasteiger partial charge in [0, 0.05) is 36.8 Å². The van der Waals surface area contributed by atoms with Crippen molar-refractivity contribution < 1.29 is 9.53 Å². The summed E-state index contributed by atoms with van der Waals surface area (Å²) < 4.78 is 7.40. The highest BCUT2D eigenvalue weighted by atomic mass is 32.1. The van der Waals surface area contributed by atoms with Crippen molar-refractivity contribution in [2.45, 2.75) is 19.4 Å². The minimum atomic E-state index is -0.238. The van der Waals surface area contributed by atoms with E-state index in [0.29, 0.717) is 26.2 Å². The summed E-state index contributed by atoms with van der Waals surface area (Å²) in [4.78, 5) is 17.0. The Labute approximate surface area is 220 Å². The van der Waals surface area contributed by atoms with Gasteiger partial charge in [0.05, 0.1) is 47.8 Å². The van der Waals surface area contributed by atoms with Crippen molar-refractivity contribution >= 4 is 23.0 Å². The minimum Gasteiger partial charge on any atom is -0.379 e. The fourth-order valence-corrected chi connectivity index (χ4v) is 5.71. The summed E-state index contributed by atoms with van der Waals surface area (Å²) in [5, 5.41) is 13.7. The first-order chi connectivity index (χ1) is 18.2. The van der Waals surface area contributed by atoms with Gasteiger partial charge in [0.25, 0.3) is 5.91 Å². The monoisotopic (exact) mass is 511 g/mol. The van der Waals surface area contributed by atoms with E-state index >= 15 is 0 Å². The maximum Gasteiger partial charge on any atom is 0.257 e. The molecule has 0 unspecified atom stereocenters. The number of carbonyl (C=O) groups excluding carboxylic acids is 1. The van der Waals surface area contributed by atoms with Gasteiger partial charge in [-0.15, -0.1) is 11.3 Å². The first-order valence-electron chi connectivity index (χ1n) is 12.6. The highest BCUT2D eigenvalue weighted by Gasteiger charge is 2.37. The number of morpholine rings is 1. The van der Waals surface area contributed by atoms with Crippen LogP contribution in [0.25, 0.3) is 16.9 Å². The minimum absolute atomic E-state index is 0.00153. The maximum absolute atomic E-state index is 13.7. The van der Waals surface area contributed by atoms with E-state index in [1.807, 2.05) is 53.2 Å².